The largest absolute Gasteiger partial charge is 0.481 e. The first-order chi connectivity index (χ1) is 9.88. The van der Waals surface area contributed by atoms with Crippen LogP contribution in [0.1, 0.15) is 25.3 Å². The summed E-state index contributed by atoms with van der Waals surface area (Å²) in [4.78, 5) is 23.4. The number of amides is 1. The topological polar surface area (TPSA) is 66.4 Å². The fourth-order valence-corrected chi connectivity index (χ4v) is 3.26. The van der Waals surface area contributed by atoms with Crippen molar-refractivity contribution in [1.29, 1.82) is 0 Å². The van der Waals surface area contributed by atoms with Crippen molar-refractivity contribution in [2.24, 2.45) is 17.8 Å². The Morgan fingerprint density at radius 1 is 1.38 bits per heavy atom. The van der Waals surface area contributed by atoms with Crippen LogP contribution in [0, 0.1) is 23.6 Å². The Hall–Kier alpha value is -1.43. The van der Waals surface area contributed by atoms with E-state index in [9.17, 15) is 14.0 Å². The van der Waals surface area contributed by atoms with Gasteiger partial charge in [0.1, 0.15) is 5.82 Å². The minimum Gasteiger partial charge on any atom is -0.481 e. The maximum absolute atomic E-state index is 13.6. The van der Waals surface area contributed by atoms with Crippen LogP contribution in [0.3, 0.4) is 0 Å². The third-order valence-corrected chi connectivity index (χ3v) is 4.41. The van der Waals surface area contributed by atoms with E-state index in [2.05, 4.69) is 21.2 Å². The highest BCUT2D eigenvalue weighted by Gasteiger charge is 2.41. The average Bonchev–Trinajstić information content (AvgIpc) is 2.82. The van der Waals surface area contributed by atoms with Crippen molar-refractivity contribution in [1.82, 2.24) is 5.32 Å². The van der Waals surface area contributed by atoms with Crippen molar-refractivity contribution in [3.8, 4) is 0 Å². The number of rotatable bonds is 4. The van der Waals surface area contributed by atoms with Crippen molar-refractivity contribution < 1.29 is 19.1 Å². The molecule has 1 fully saturated rings. The summed E-state index contributed by atoms with van der Waals surface area (Å²) in [5, 5.41) is 11.8. The molecule has 0 heterocycles. The van der Waals surface area contributed by atoms with Crippen LogP contribution in [0.15, 0.2) is 22.7 Å². The monoisotopic (exact) mass is 357 g/mol. The van der Waals surface area contributed by atoms with Gasteiger partial charge in [0.05, 0.1) is 11.8 Å². The highest BCUT2D eigenvalue weighted by molar-refractivity contribution is 9.10. The van der Waals surface area contributed by atoms with Gasteiger partial charge in [-0.25, -0.2) is 4.39 Å². The fourth-order valence-electron chi connectivity index (χ4n) is 2.85. The van der Waals surface area contributed by atoms with Gasteiger partial charge in [-0.15, -0.1) is 0 Å². The summed E-state index contributed by atoms with van der Waals surface area (Å²) < 4.78 is 14.3. The first kappa shape index (κ1) is 15.9. The second-order valence-electron chi connectivity index (χ2n) is 5.58. The van der Waals surface area contributed by atoms with Crippen LogP contribution in [0.2, 0.25) is 0 Å². The summed E-state index contributed by atoms with van der Waals surface area (Å²) in [7, 11) is 0. The number of carbonyl (C=O) groups excluding carboxylic acids is 1. The van der Waals surface area contributed by atoms with E-state index in [-0.39, 0.29) is 18.4 Å². The van der Waals surface area contributed by atoms with Crippen molar-refractivity contribution in [2.75, 3.05) is 0 Å². The molecule has 2 rings (SSSR count). The van der Waals surface area contributed by atoms with E-state index >= 15 is 0 Å². The maximum Gasteiger partial charge on any atom is 0.307 e. The third-order valence-electron chi connectivity index (χ3n) is 3.91. The van der Waals surface area contributed by atoms with Crippen LogP contribution < -0.4 is 5.32 Å². The molecule has 4 nitrogen and oxygen atoms in total. The Balaban J connectivity index is 2.01. The summed E-state index contributed by atoms with van der Waals surface area (Å²) >= 11 is 3.25. The minimum atomic E-state index is -0.937. The number of hydrogen-bond donors (Lipinski definition) is 2. The number of carbonyl (C=O) groups is 2. The first-order valence-corrected chi connectivity index (χ1v) is 7.62. The van der Waals surface area contributed by atoms with Crippen LogP contribution in [0.4, 0.5) is 4.39 Å². The molecule has 6 heteroatoms. The van der Waals surface area contributed by atoms with Gasteiger partial charge in [-0.2, -0.15) is 0 Å². The molecular weight excluding hydrogens is 341 g/mol. The quantitative estimate of drug-likeness (QED) is 0.870. The predicted molar refractivity (Wildman–Crippen MR) is 79.0 cm³/mol. The molecule has 1 aromatic rings. The Morgan fingerprint density at radius 2 is 2.05 bits per heavy atom. The van der Waals surface area contributed by atoms with Gasteiger partial charge < -0.3 is 10.4 Å². The Kier molecular flexibility index (Phi) is 4.98. The van der Waals surface area contributed by atoms with Gasteiger partial charge in [0.15, 0.2) is 0 Å². The molecule has 114 valence electrons. The van der Waals surface area contributed by atoms with Crippen molar-refractivity contribution in [3.05, 3.63) is 34.1 Å². The highest BCUT2D eigenvalue weighted by atomic mass is 79.9. The SMILES string of the molecule is CC1CC(C(=O)O)C(C(=O)NCc2cc(Br)ccc2F)C1. The van der Waals surface area contributed by atoms with Gasteiger partial charge in [0.25, 0.3) is 0 Å². The van der Waals surface area contributed by atoms with E-state index in [1.54, 1.807) is 12.1 Å². The summed E-state index contributed by atoms with van der Waals surface area (Å²) in [5.41, 5.74) is 0.371. The number of halogens is 2. The lowest BCUT2D eigenvalue weighted by molar-refractivity contribution is -0.146. The Morgan fingerprint density at radius 3 is 2.71 bits per heavy atom. The lowest BCUT2D eigenvalue weighted by Gasteiger charge is -2.15. The molecule has 0 spiro atoms. The summed E-state index contributed by atoms with van der Waals surface area (Å²) in [5.74, 6) is -2.61. The molecular formula is C15H17BrFNO3. The van der Waals surface area contributed by atoms with Gasteiger partial charge >= 0.3 is 5.97 Å². The van der Waals surface area contributed by atoms with Crippen LogP contribution in [0.5, 0.6) is 0 Å². The minimum absolute atomic E-state index is 0.0569. The van der Waals surface area contributed by atoms with Gasteiger partial charge in [0, 0.05) is 16.6 Å². The molecule has 1 aliphatic carbocycles. The lowest BCUT2D eigenvalue weighted by Crippen LogP contribution is -2.35. The van der Waals surface area contributed by atoms with Crippen LogP contribution in [-0.2, 0) is 16.1 Å². The number of aliphatic carboxylic acids is 1. The van der Waals surface area contributed by atoms with Crippen LogP contribution >= 0.6 is 15.9 Å². The summed E-state index contributed by atoms with van der Waals surface area (Å²) in [6.07, 6.45) is 1.07. The van der Waals surface area contributed by atoms with Crippen molar-refractivity contribution in [3.63, 3.8) is 0 Å². The maximum atomic E-state index is 13.6. The Labute approximate surface area is 130 Å². The second-order valence-corrected chi connectivity index (χ2v) is 6.50. The van der Waals surface area contributed by atoms with E-state index in [0.29, 0.717) is 18.4 Å². The molecule has 0 aliphatic heterocycles. The molecule has 2 N–H and O–H groups in total. The molecule has 1 saturated carbocycles. The molecule has 21 heavy (non-hydrogen) atoms. The number of carboxylic acid groups (broad SMARTS) is 1. The molecule has 1 aliphatic rings. The highest BCUT2D eigenvalue weighted by Crippen LogP contribution is 2.36. The summed E-state index contributed by atoms with van der Waals surface area (Å²) in [6, 6.07) is 4.50. The van der Waals surface area contributed by atoms with E-state index < -0.39 is 23.6 Å². The number of nitrogens with one attached hydrogen (secondary N) is 1. The van der Waals surface area contributed by atoms with E-state index in [1.807, 2.05) is 6.92 Å². The molecule has 0 radical (unpaired) electrons. The normalized spacial score (nSPS) is 24.8. The molecule has 1 aromatic carbocycles. The van der Waals surface area contributed by atoms with E-state index in [0.717, 1.165) is 4.47 Å². The molecule has 0 bridgehead atoms. The smallest absolute Gasteiger partial charge is 0.307 e. The van der Waals surface area contributed by atoms with E-state index in [1.165, 1.54) is 6.07 Å². The van der Waals surface area contributed by atoms with Crippen molar-refractivity contribution >= 4 is 27.8 Å². The number of benzene rings is 1. The van der Waals surface area contributed by atoms with Gasteiger partial charge in [0.2, 0.25) is 5.91 Å². The molecule has 3 unspecified atom stereocenters. The van der Waals surface area contributed by atoms with Gasteiger partial charge in [-0.05, 0) is 37.0 Å². The summed E-state index contributed by atoms with van der Waals surface area (Å²) in [6.45, 7) is 2.00. The van der Waals surface area contributed by atoms with Crippen LogP contribution in [-0.4, -0.2) is 17.0 Å². The standard InChI is InChI=1S/C15H17BrFNO3/c1-8-4-11(12(5-8)15(20)21)14(19)18-7-9-6-10(16)2-3-13(9)17/h2-3,6,8,11-12H,4-5,7H2,1H3,(H,18,19)(H,20,21). The zero-order valence-corrected chi connectivity index (χ0v) is 13.2. The van der Waals surface area contributed by atoms with Gasteiger partial charge in [-0.1, -0.05) is 22.9 Å². The van der Waals surface area contributed by atoms with Crippen LogP contribution in [0.25, 0.3) is 0 Å². The lowest BCUT2D eigenvalue weighted by atomic mass is 9.95. The zero-order valence-electron chi connectivity index (χ0n) is 11.6. The fraction of sp³-hybridized carbons (Fsp3) is 0.467. The first-order valence-electron chi connectivity index (χ1n) is 6.83. The third kappa shape index (κ3) is 3.81. The molecule has 3 atom stereocenters. The molecule has 1 amide bonds. The molecule has 0 saturated heterocycles. The number of hydrogen-bond acceptors (Lipinski definition) is 2. The van der Waals surface area contributed by atoms with Crippen molar-refractivity contribution in [2.45, 2.75) is 26.3 Å². The second kappa shape index (κ2) is 6.56. The van der Waals surface area contributed by atoms with Gasteiger partial charge in [-0.3, -0.25) is 9.59 Å². The molecule has 0 aromatic heterocycles. The average molecular weight is 358 g/mol. The predicted octanol–water partition coefficient (Wildman–Crippen LogP) is 2.95. The Bertz CT molecular complexity index is 564. The zero-order chi connectivity index (χ0) is 15.6. The number of carboxylic acids is 1. The van der Waals surface area contributed by atoms with E-state index in [4.69, 9.17) is 5.11 Å².